The molecule has 3 aromatic rings. The summed E-state index contributed by atoms with van der Waals surface area (Å²) in [6.45, 7) is 2.54. The lowest BCUT2D eigenvalue weighted by atomic mass is 9.95. The molecule has 0 saturated heterocycles. The molecule has 1 aliphatic carbocycles. The zero-order chi connectivity index (χ0) is 19.5. The van der Waals surface area contributed by atoms with Gasteiger partial charge in [0, 0.05) is 17.5 Å². The average Bonchev–Trinajstić information content (AvgIpc) is 2.70. The van der Waals surface area contributed by atoms with Gasteiger partial charge in [-0.2, -0.15) is 0 Å². The first-order valence-corrected chi connectivity index (χ1v) is 10.1. The molecule has 0 unspecified atom stereocenters. The summed E-state index contributed by atoms with van der Waals surface area (Å²) in [5, 5.41) is 3.97. The average molecular weight is 374 g/mol. The van der Waals surface area contributed by atoms with Crippen LogP contribution in [0, 0.1) is 6.92 Å². The maximum absolute atomic E-state index is 12.9. The first-order valence-electron chi connectivity index (χ1n) is 10.1. The first-order chi connectivity index (χ1) is 13.6. The van der Waals surface area contributed by atoms with E-state index < -0.39 is 0 Å². The van der Waals surface area contributed by atoms with E-state index in [1.807, 2.05) is 49.4 Å². The number of carbonyl (C=O) groups is 1. The monoisotopic (exact) mass is 374 g/mol. The number of hydrogen-bond acceptors (Lipinski definition) is 2. The number of para-hydroxylation sites is 1. The van der Waals surface area contributed by atoms with E-state index in [4.69, 9.17) is 0 Å². The van der Waals surface area contributed by atoms with Crippen LogP contribution in [0.2, 0.25) is 0 Å². The second-order valence-corrected chi connectivity index (χ2v) is 7.80. The van der Waals surface area contributed by atoms with Gasteiger partial charge in [-0.15, -0.1) is 0 Å². The first kappa shape index (κ1) is 18.5. The molecule has 28 heavy (non-hydrogen) atoms. The molecule has 1 fully saturated rings. The summed E-state index contributed by atoms with van der Waals surface area (Å²) < 4.78 is 1.75. The standard InChI is InChI=1S/C24H26N2O2/c1-17-8-7-9-18(14-17)16-26-22-13-6-5-12-20(22)21(15-23(26)27)24(28)25-19-10-3-2-4-11-19/h5-9,12-15,19H,2-4,10-11,16H2,1H3,(H,25,28). The Morgan fingerprint density at radius 3 is 2.61 bits per heavy atom. The summed E-state index contributed by atoms with van der Waals surface area (Å²) in [7, 11) is 0. The second-order valence-electron chi connectivity index (χ2n) is 7.80. The molecule has 0 radical (unpaired) electrons. The van der Waals surface area contributed by atoms with E-state index >= 15 is 0 Å². The minimum absolute atomic E-state index is 0.136. The normalized spacial score (nSPS) is 14.9. The third-order valence-corrected chi connectivity index (χ3v) is 5.63. The quantitative estimate of drug-likeness (QED) is 0.735. The third-order valence-electron chi connectivity index (χ3n) is 5.63. The van der Waals surface area contributed by atoms with Gasteiger partial charge in [0.15, 0.2) is 0 Å². The number of aromatic nitrogens is 1. The minimum atomic E-state index is -0.144. The SMILES string of the molecule is Cc1cccc(Cn2c(=O)cc(C(=O)NC3CCCCC3)c3ccccc32)c1. The number of fused-ring (bicyclic) bond motifs is 1. The van der Waals surface area contributed by atoms with Gasteiger partial charge in [0.05, 0.1) is 17.6 Å². The number of carbonyl (C=O) groups excluding carboxylic acids is 1. The highest BCUT2D eigenvalue weighted by Gasteiger charge is 2.19. The van der Waals surface area contributed by atoms with Crippen LogP contribution in [0.25, 0.3) is 10.9 Å². The zero-order valence-electron chi connectivity index (χ0n) is 16.3. The lowest BCUT2D eigenvalue weighted by Crippen LogP contribution is -2.37. The number of nitrogens with zero attached hydrogens (tertiary/aromatic N) is 1. The van der Waals surface area contributed by atoms with Gasteiger partial charge < -0.3 is 9.88 Å². The van der Waals surface area contributed by atoms with Crippen molar-refractivity contribution in [3.63, 3.8) is 0 Å². The molecule has 1 heterocycles. The molecule has 0 aliphatic heterocycles. The van der Waals surface area contributed by atoms with Crippen LogP contribution in [0.1, 0.15) is 53.6 Å². The molecule has 144 valence electrons. The number of rotatable bonds is 4. The van der Waals surface area contributed by atoms with Gasteiger partial charge in [0.1, 0.15) is 0 Å². The number of benzene rings is 2. The van der Waals surface area contributed by atoms with Crippen LogP contribution in [-0.2, 0) is 6.54 Å². The van der Waals surface area contributed by atoms with Crippen LogP contribution in [-0.4, -0.2) is 16.5 Å². The van der Waals surface area contributed by atoms with Crippen LogP contribution in [0.5, 0.6) is 0 Å². The van der Waals surface area contributed by atoms with E-state index in [0.717, 1.165) is 42.1 Å². The Kier molecular flexibility index (Phi) is 5.29. The van der Waals surface area contributed by atoms with Gasteiger partial charge >= 0.3 is 0 Å². The highest BCUT2D eigenvalue weighted by Crippen LogP contribution is 2.21. The van der Waals surface area contributed by atoms with Crippen molar-refractivity contribution in [1.82, 2.24) is 9.88 Å². The number of pyridine rings is 1. The summed E-state index contributed by atoms with van der Waals surface area (Å²) >= 11 is 0. The second kappa shape index (κ2) is 8.01. The molecular weight excluding hydrogens is 348 g/mol. The molecule has 0 spiro atoms. The highest BCUT2D eigenvalue weighted by atomic mass is 16.2. The van der Waals surface area contributed by atoms with Gasteiger partial charge in [0.25, 0.3) is 11.5 Å². The van der Waals surface area contributed by atoms with Crippen molar-refractivity contribution in [3.05, 3.63) is 81.6 Å². The Morgan fingerprint density at radius 2 is 1.82 bits per heavy atom. The predicted molar refractivity (Wildman–Crippen MR) is 113 cm³/mol. The Labute approximate surface area is 165 Å². The van der Waals surface area contributed by atoms with E-state index in [9.17, 15) is 9.59 Å². The van der Waals surface area contributed by atoms with Crippen molar-refractivity contribution < 1.29 is 4.79 Å². The molecule has 0 atom stereocenters. The number of nitrogens with one attached hydrogen (secondary N) is 1. The lowest BCUT2D eigenvalue weighted by Gasteiger charge is -2.23. The van der Waals surface area contributed by atoms with Gasteiger partial charge in [-0.3, -0.25) is 9.59 Å². The third kappa shape index (κ3) is 3.86. The van der Waals surface area contributed by atoms with Crippen molar-refractivity contribution in [2.75, 3.05) is 0 Å². The van der Waals surface area contributed by atoms with Crippen LogP contribution in [0.15, 0.2) is 59.4 Å². The number of hydrogen-bond donors (Lipinski definition) is 1. The van der Waals surface area contributed by atoms with Gasteiger partial charge in [-0.25, -0.2) is 0 Å². The van der Waals surface area contributed by atoms with Crippen LogP contribution >= 0.6 is 0 Å². The fourth-order valence-electron chi connectivity index (χ4n) is 4.19. The molecule has 1 aliphatic rings. The molecule has 1 saturated carbocycles. The van der Waals surface area contributed by atoms with Crippen molar-refractivity contribution >= 4 is 16.8 Å². The Morgan fingerprint density at radius 1 is 1.04 bits per heavy atom. The molecule has 1 N–H and O–H groups in total. The molecule has 4 rings (SSSR count). The van der Waals surface area contributed by atoms with Crippen molar-refractivity contribution in [2.24, 2.45) is 0 Å². The Bertz CT molecular complexity index is 1060. The largest absolute Gasteiger partial charge is 0.349 e. The molecule has 1 aromatic heterocycles. The molecule has 4 heteroatoms. The summed E-state index contributed by atoms with van der Waals surface area (Å²) in [4.78, 5) is 25.9. The van der Waals surface area contributed by atoms with Crippen LogP contribution in [0.3, 0.4) is 0 Å². The highest BCUT2D eigenvalue weighted by molar-refractivity contribution is 6.06. The van der Waals surface area contributed by atoms with E-state index in [1.165, 1.54) is 18.1 Å². The van der Waals surface area contributed by atoms with E-state index in [-0.39, 0.29) is 17.5 Å². The molecule has 1 amide bonds. The lowest BCUT2D eigenvalue weighted by molar-refractivity contribution is 0.0929. The smallest absolute Gasteiger partial charge is 0.252 e. The summed E-state index contributed by atoms with van der Waals surface area (Å²) in [5.41, 5.74) is 3.37. The fraction of sp³-hybridized carbons (Fsp3) is 0.333. The fourth-order valence-corrected chi connectivity index (χ4v) is 4.19. The van der Waals surface area contributed by atoms with Crippen LogP contribution < -0.4 is 10.9 Å². The minimum Gasteiger partial charge on any atom is -0.349 e. The molecule has 4 nitrogen and oxygen atoms in total. The molecular formula is C24H26N2O2. The topological polar surface area (TPSA) is 51.1 Å². The van der Waals surface area contributed by atoms with E-state index in [1.54, 1.807) is 4.57 Å². The van der Waals surface area contributed by atoms with Crippen LogP contribution in [0.4, 0.5) is 0 Å². The number of aryl methyl sites for hydroxylation is 1. The Hall–Kier alpha value is -2.88. The molecule has 0 bridgehead atoms. The van der Waals surface area contributed by atoms with E-state index in [0.29, 0.717) is 12.1 Å². The number of amides is 1. The summed E-state index contributed by atoms with van der Waals surface area (Å²) in [6.07, 6.45) is 5.60. The van der Waals surface area contributed by atoms with Crippen molar-refractivity contribution in [3.8, 4) is 0 Å². The Balaban J connectivity index is 1.72. The zero-order valence-corrected chi connectivity index (χ0v) is 16.3. The maximum atomic E-state index is 12.9. The van der Waals surface area contributed by atoms with Gasteiger partial charge in [-0.1, -0.05) is 67.3 Å². The predicted octanol–water partition coefficient (Wildman–Crippen LogP) is 4.42. The summed E-state index contributed by atoms with van der Waals surface area (Å²) in [5.74, 6) is -0.136. The van der Waals surface area contributed by atoms with Crippen molar-refractivity contribution in [2.45, 2.75) is 51.6 Å². The van der Waals surface area contributed by atoms with Gasteiger partial charge in [0.2, 0.25) is 0 Å². The molecule has 2 aromatic carbocycles. The van der Waals surface area contributed by atoms with Gasteiger partial charge in [-0.05, 0) is 31.4 Å². The van der Waals surface area contributed by atoms with Crippen molar-refractivity contribution in [1.29, 1.82) is 0 Å². The maximum Gasteiger partial charge on any atom is 0.252 e. The summed E-state index contributed by atoms with van der Waals surface area (Å²) in [6, 6.07) is 17.6. The van der Waals surface area contributed by atoms with E-state index in [2.05, 4.69) is 11.4 Å².